The van der Waals surface area contributed by atoms with Crippen molar-refractivity contribution < 1.29 is 19.0 Å². The summed E-state index contributed by atoms with van der Waals surface area (Å²) >= 11 is 6.25. The zero-order valence-corrected chi connectivity index (χ0v) is 15.7. The van der Waals surface area contributed by atoms with Gasteiger partial charge in [0.2, 0.25) is 0 Å². The highest BCUT2D eigenvalue weighted by molar-refractivity contribution is 8.26. The monoisotopic (exact) mass is 387 g/mol. The Morgan fingerprint density at radius 2 is 1.73 bits per heavy atom. The number of methoxy groups -OCH3 is 1. The average molecular weight is 387 g/mol. The van der Waals surface area contributed by atoms with E-state index >= 15 is 0 Å². The Morgan fingerprint density at radius 1 is 1.04 bits per heavy atom. The van der Waals surface area contributed by atoms with Gasteiger partial charge in [-0.15, -0.1) is 0 Å². The lowest BCUT2D eigenvalue weighted by molar-refractivity contribution is -0.115. The van der Waals surface area contributed by atoms with Gasteiger partial charge in [0, 0.05) is 5.56 Å². The third-order valence-electron chi connectivity index (χ3n) is 3.52. The molecule has 2 aromatic rings. The predicted octanol–water partition coefficient (Wildman–Crippen LogP) is 3.64. The lowest BCUT2D eigenvalue weighted by Crippen LogP contribution is -2.17. The second-order valence-electron chi connectivity index (χ2n) is 5.26. The largest absolute Gasteiger partial charge is 0.497 e. The standard InChI is InChI=1S/C19H17NO4S2/c1-22-14-6-8-15(9-7-14)23-10-11-24-16-5-3-2-4-13(16)12-17-18(21)20-19(25)26-17/h2-9,12H,10-11H2,1H3,(H,20,21,25)/b17-12+. The Morgan fingerprint density at radius 3 is 2.42 bits per heavy atom. The Balaban J connectivity index is 1.57. The molecule has 0 aromatic heterocycles. The summed E-state index contributed by atoms with van der Waals surface area (Å²) in [7, 11) is 1.62. The lowest BCUT2D eigenvalue weighted by atomic mass is 10.2. The first-order valence-electron chi connectivity index (χ1n) is 7.89. The molecule has 1 aliphatic heterocycles. The fourth-order valence-corrected chi connectivity index (χ4v) is 3.31. The van der Waals surface area contributed by atoms with E-state index in [9.17, 15) is 4.79 Å². The maximum Gasteiger partial charge on any atom is 0.263 e. The molecule has 0 saturated carbocycles. The molecule has 134 valence electrons. The van der Waals surface area contributed by atoms with Gasteiger partial charge in [0.05, 0.1) is 12.0 Å². The molecule has 0 radical (unpaired) electrons. The van der Waals surface area contributed by atoms with E-state index in [0.717, 1.165) is 17.1 Å². The zero-order valence-electron chi connectivity index (χ0n) is 14.1. The van der Waals surface area contributed by atoms with Gasteiger partial charge in [-0.05, 0) is 36.4 Å². The molecule has 7 heteroatoms. The SMILES string of the molecule is COc1ccc(OCCOc2ccccc2/C=C2/SC(=S)NC2=O)cc1. The van der Waals surface area contributed by atoms with Gasteiger partial charge in [-0.1, -0.05) is 42.2 Å². The Labute approximate surface area is 161 Å². The van der Waals surface area contributed by atoms with E-state index in [1.807, 2.05) is 48.5 Å². The number of carbonyl (C=O) groups excluding carboxylic acids is 1. The van der Waals surface area contributed by atoms with Crippen LogP contribution < -0.4 is 19.5 Å². The quantitative estimate of drug-likeness (QED) is 0.445. The molecule has 0 atom stereocenters. The van der Waals surface area contributed by atoms with E-state index in [1.54, 1.807) is 13.2 Å². The summed E-state index contributed by atoms with van der Waals surface area (Å²) in [6.45, 7) is 0.778. The van der Waals surface area contributed by atoms with E-state index in [1.165, 1.54) is 11.8 Å². The molecule has 1 N–H and O–H groups in total. The molecule has 2 aromatic carbocycles. The minimum Gasteiger partial charge on any atom is -0.497 e. The van der Waals surface area contributed by atoms with E-state index < -0.39 is 0 Å². The van der Waals surface area contributed by atoms with Gasteiger partial charge in [0.1, 0.15) is 34.8 Å². The van der Waals surface area contributed by atoms with Crippen LogP contribution in [0.15, 0.2) is 53.4 Å². The fourth-order valence-electron chi connectivity index (χ4n) is 2.28. The van der Waals surface area contributed by atoms with Crippen molar-refractivity contribution >= 4 is 40.3 Å². The fraction of sp³-hybridized carbons (Fsp3) is 0.158. The Kier molecular flexibility index (Phi) is 6.14. The molecular formula is C19H17NO4S2. The molecule has 3 rings (SSSR count). The molecule has 0 spiro atoms. The van der Waals surface area contributed by atoms with Crippen LogP contribution in [0.1, 0.15) is 5.56 Å². The second kappa shape index (κ2) is 8.73. The van der Waals surface area contributed by atoms with E-state index in [0.29, 0.717) is 28.2 Å². The van der Waals surface area contributed by atoms with Crippen molar-refractivity contribution in [1.29, 1.82) is 0 Å². The van der Waals surface area contributed by atoms with Crippen molar-refractivity contribution in [3.05, 3.63) is 59.0 Å². The number of rotatable bonds is 7. The summed E-state index contributed by atoms with van der Waals surface area (Å²) in [6, 6.07) is 14.9. The maximum atomic E-state index is 11.8. The van der Waals surface area contributed by atoms with Gasteiger partial charge in [0.15, 0.2) is 0 Å². The molecule has 5 nitrogen and oxygen atoms in total. The molecule has 1 heterocycles. The van der Waals surface area contributed by atoms with Gasteiger partial charge in [0.25, 0.3) is 5.91 Å². The van der Waals surface area contributed by atoms with Crippen LogP contribution in [0.2, 0.25) is 0 Å². The number of hydrogen-bond acceptors (Lipinski definition) is 6. The van der Waals surface area contributed by atoms with Crippen LogP contribution >= 0.6 is 24.0 Å². The molecule has 1 fully saturated rings. The van der Waals surface area contributed by atoms with Gasteiger partial charge in [-0.25, -0.2) is 0 Å². The van der Waals surface area contributed by atoms with Crippen molar-refractivity contribution in [1.82, 2.24) is 5.32 Å². The van der Waals surface area contributed by atoms with Crippen molar-refractivity contribution in [3.8, 4) is 17.2 Å². The number of ether oxygens (including phenoxy) is 3. The minimum absolute atomic E-state index is 0.183. The molecule has 0 bridgehead atoms. The number of hydrogen-bond donors (Lipinski definition) is 1. The second-order valence-corrected chi connectivity index (χ2v) is 6.98. The van der Waals surface area contributed by atoms with E-state index in [2.05, 4.69) is 5.32 Å². The number of nitrogens with one attached hydrogen (secondary N) is 1. The molecule has 1 saturated heterocycles. The van der Waals surface area contributed by atoms with E-state index in [4.69, 9.17) is 26.4 Å². The zero-order chi connectivity index (χ0) is 18.4. The first kappa shape index (κ1) is 18.3. The van der Waals surface area contributed by atoms with Crippen LogP contribution in [-0.2, 0) is 4.79 Å². The third-order valence-corrected chi connectivity index (χ3v) is 4.68. The summed E-state index contributed by atoms with van der Waals surface area (Å²) in [4.78, 5) is 12.4. The molecule has 26 heavy (non-hydrogen) atoms. The van der Waals surface area contributed by atoms with Crippen LogP contribution in [0.5, 0.6) is 17.2 Å². The minimum atomic E-state index is -0.183. The summed E-state index contributed by atoms with van der Waals surface area (Å²) in [5.41, 5.74) is 0.819. The highest BCUT2D eigenvalue weighted by Crippen LogP contribution is 2.29. The summed E-state index contributed by atoms with van der Waals surface area (Å²) in [6.07, 6.45) is 1.78. The number of benzene rings is 2. The van der Waals surface area contributed by atoms with E-state index in [-0.39, 0.29) is 5.91 Å². The molecule has 0 unspecified atom stereocenters. The highest BCUT2D eigenvalue weighted by atomic mass is 32.2. The lowest BCUT2D eigenvalue weighted by Gasteiger charge is -2.11. The molecular weight excluding hydrogens is 370 g/mol. The molecule has 0 aliphatic carbocycles. The predicted molar refractivity (Wildman–Crippen MR) is 107 cm³/mol. The number of para-hydroxylation sites is 1. The first-order chi connectivity index (χ1) is 12.7. The summed E-state index contributed by atoms with van der Waals surface area (Å²) in [5, 5.41) is 2.60. The summed E-state index contributed by atoms with van der Waals surface area (Å²) < 4.78 is 17.0. The van der Waals surface area contributed by atoms with Gasteiger partial charge >= 0.3 is 0 Å². The molecule has 1 aliphatic rings. The highest BCUT2D eigenvalue weighted by Gasteiger charge is 2.22. The van der Waals surface area contributed by atoms with Crippen LogP contribution in [0.4, 0.5) is 0 Å². The summed E-state index contributed by atoms with van der Waals surface area (Å²) in [5.74, 6) is 2.03. The number of carbonyl (C=O) groups is 1. The third kappa shape index (κ3) is 4.77. The normalized spacial score (nSPS) is 15.0. The van der Waals surface area contributed by atoms with Gasteiger partial charge in [-0.3, -0.25) is 4.79 Å². The Bertz CT molecular complexity index is 834. The molecule has 1 amide bonds. The van der Waals surface area contributed by atoms with Crippen LogP contribution in [-0.4, -0.2) is 30.6 Å². The van der Waals surface area contributed by atoms with Crippen molar-refractivity contribution in [2.24, 2.45) is 0 Å². The van der Waals surface area contributed by atoms with Gasteiger partial charge < -0.3 is 19.5 Å². The maximum absolute atomic E-state index is 11.8. The first-order valence-corrected chi connectivity index (χ1v) is 9.12. The van der Waals surface area contributed by atoms with Crippen LogP contribution in [0.25, 0.3) is 6.08 Å². The number of thiocarbonyl (C=S) groups is 1. The van der Waals surface area contributed by atoms with Gasteiger partial charge in [-0.2, -0.15) is 0 Å². The van der Waals surface area contributed by atoms with Crippen molar-refractivity contribution in [2.75, 3.05) is 20.3 Å². The topological polar surface area (TPSA) is 56.8 Å². The smallest absolute Gasteiger partial charge is 0.263 e. The van der Waals surface area contributed by atoms with Crippen LogP contribution in [0.3, 0.4) is 0 Å². The van der Waals surface area contributed by atoms with Crippen molar-refractivity contribution in [3.63, 3.8) is 0 Å². The van der Waals surface area contributed by atoms with Crippen LogP contribution in [0, 0.1) is 0 Å². The Hall–Kier alpha value is -2.51. The van der Waals surface area contributed by atoms with Crippen molar-refractivity contribution in [2.45, 2.75) is 0 Å². The number of amides is 1. The average Bonchev–Trinajstić information content (AvgIpc) is 2.97. The number of thioether (sulfide) groups is 1.